The Morgan fingerprint density at radius 3 is 2.62 bits per heavy atom. The van der Waals surface area contributed by atoms with Crippen LogP contribution in [0, 0.1) is 13.8 Å². The van der Waals surface area contributed by atoms with E-state index in [2.05, 4.69) is 25.3 Å². The maximum Gasteiger partial charge on any atom is 0.241 e. The summed E-state index contributed by atoms with van der Waals surface area (Å²) in [5.41, 5.74) is 8.08. The Morgan fingerprint density at radius 2 is 2.05 bits per heavy atom. The van der Waals surface area contributed by atoms with Crippen LogP contribution in [0.2, 0.25) is 0 Å². The molecule has 1 heterocycles. The maximum atomic E-state index is 12.5. The van der Waals surface area contributed by atoms with Gasteiger partial charge in [0.2, 0.25) is 10.0 Å². The first kappa shape index (κ1) is 15.5. The van der Waals surface area contributed by atoms with Crippen LogP contribution in [-0.4, -0.2) is 29.0 Å². The molecule has 2 rings (SSSR count). The van der Waals surface area contributed by atoms with Crippen molar-refractivity contribution in [1.29, 1.82) is 0 Å². The monoisotopic (exact) mass is 310 g/mol. The second-order valence-electron chi connectivity index (χ2n) is 4.86. The molecule has 4 N–H and O–H groups in total. The Morgan fingerprint density at radius 1 is 1.33 bits per heavy atom. The predicted molar refractivity (Wildman–Crippen MR) is 76.7 cm³/mol. The molecule has 0 amide bonds. The Labute approximate surface area is 123 Å². The number of tetrazole rings is 1. The number of rotatable bonds is 5. The number of hydrogen-bond acceptors (Lipinski definition) is 6. The van der Waals surface area contributed by atoms with Gasteiger partial charge < -0.3 is 5.73 Å². The second-order valence-corrected chi connectivity index (χ2v) is 6.54. The summed E-state index contributed by atoms with van der Waals surface area (Å²) in [5, 5.41) is 13.2. The van der Waals surface area contributed by atoms with E-state index in [1.54, 1.807) is 19.9 Å². The summed E-state index contributed by atoms with van der Waals surface area (Å²) in [6, 6.07) is 2.84. The third-order valence-corrected chi connectivity index (χ3v) is 4.91. The molecule has 0 fully saturated rings. The fourth-order valence-corrected chi connectivity index (χ4v) is 3.56. The number of H-pyrrole nitrogens is 1. The Hall–Kier alpha value is -1.84. The van der Waals surface area contributed by atoms with Crippen molar-refractivity contribution in [3.8, 4) is 0 Å². The van der Waals surface area contributed by atoms with Gasteiger partial charge >= 0.3 is 0 Å². The molecule has 0 saturated heterocycles. The number of hydrogen-bond donors (Lipinski definition) is 3. The van der Waals surface area contributed by atoms with Crippen molar-refractivity contribution >= 4 is 10.0 Å². The zero-order chi connectivity index (χ0) is 15.6. The van der Waals surface area contributed by atoms with Crippen molar-refractivity contribution in [2.24, 2.45) is 5.73 Å². The maximum absolute atomic E-state index is 12.5. The molecule has 9 heteroatoms. The van der Waals surface area contributed by atoms with E-state index in [9.17, 15) is 8.42 Å². The van der Waals surface area contributed by atoms with Crippen molar-refractivity contribution in [2.45, 2.75) is 38.3 Å². The minimum absolute atomic E-state index is 0.212. The molecule has 0 aliphatic heterocycles. The van der Waals surface area contributed by atoms with Crippen molar-refractivity contribution < 1.29 is 8.42 Å². The summed E-state index contributed by atoms with van der Waals surface area (Å²) >= 11 is 0. The van der Waals surface area contributed by atoms with E-state index in [1.807, 2.05) is 13.0 Å². The molecule has 21 heavy (non-hydrogen) atoms. The topological polar surface area (TPSA) is 127 Å². The largest absolute Gasteiger partial charge is 0.326 e. The molecule has 1 unspecified atom stereocenters. The van der Waals surface area contributed by atoms with Crippen LogP contribution < -0.4 is 10.5 Å². The highest BCUT2D eigenvalue weighted by Crippen LogP contribution is 2.22. The number of aryl methyl sites for hydroxylation is 2. The average molecular weight is 310 g/mol. The zero-order valence-electron chi connectivity index (χ0n) is 12.1. The Kier molecular flexibility index (Phi) is 4.35. The molecular weight excluding hydrogens is 292 g/mol. The quantitative estimate of drug-likeness (QED) is 0.729. The minimum Gasteiger partial charge on any atom is -0.326 e. The van der Waals surface area contributed by atoms with Gasteiger partial charge in [-0.3, -0.25) is 0 Å². The van der Waals surface area contributed by atoms with Crippen LogP contribution in [0.25, 0.3) is 0 Å². The van der Waals surface area contributed by atoms with E-state index < -0.39 is 16.1 Å². The van der Waals surface area contributed by atoms with E-state index in [0.717, 1.165) is 11.1 Å². The zero-order valence-corrected chi connectivity index (χ0v) is 12.9. The van der Waals surface area contributed by atoms with E-state index in [-0.39, 0.29) is 17.3 Å². The van der Waals surface area contributed by atoms with Crippen molar-refractivity contribution in [3.63, 3.8) is 0 Å². The molecule has 0 radical (unpaired) electrons. The van der Waals surface area contributed by atoms with E-state index in [4.69, 9.17) is 5.73 Å². The average Bonchev–Trinajstić information content (AvgIpc) is 2.91. The lowest BCUT2D eigenvalue weighted by molar-refractivity contribution is 0.559. The molecule has 114 valence electrons. The van der Waals surface area contributed by atoms with Crippen molar-refractivity contribution in [1.82, 2.24) is 25.3 Å². The first-order valence-corrected chi connectivity index (χ1v) is 7.89. The normalized spacial score (nSPS) is 13.3. The van der Waals surface area contributed by atoms with Gasteiger partial charge in [-0.25, -0.2) is 13.1 Å². The Balaban J connectivity index is 2.36. The van der Waals surface area contributed by atoms with Gasteiger partial charge in [0, 0.05) is 6.54 Å². The van der Waals surface area contributed by atoms with E-state index >= 15 is 0 Å². The minimum atomic E-state index is -3.69. The summed E-state index contributed by atoms with van der Waals surface area (Å²) in [5.74, 6) is 0.280. The number of nitrogens with one attached hydrogen (secondary N) is 2. The fraction of sp³-hybridized carbons (Fsp3) is 0.417. The van der Waals surface area contributed by atoms with Crippen LogP contribution in [0.5, 0.6) is 0 Å². The molecule has 0 saturated carbocycles. The molecule has 0 bridgehead atoms. The standard InChI is InChI=1S/C12H18N6O2S/c1-7-4-8(2)11(5-10(7)6-13)21(19,20)16-9(3)12-14-17-18-15-12/h4-5,9,16H,6,13H2,1-3H3,(H,14,15,17,18). The number of aromatic amines is 1. The fourth-order valence-electron chi connectivity index (χ4n) is 2.09. The summed E-state index contributed by atoms with van der Waals surface area (Å²) < 4.78 is 27.5. The lowest BCUT2D eigenvalue weighted by atomic mass is 10.1. The molecule has 0 aliphatic rings. The van der Waals surface area contributed by atoms with Gasteiger partial charge in [-0.15, -0.1) is 10.2 Å². The number of sulfonamides is 1. The van der Waals surface area contributed by atoms with E-state index in [1.165, 1.54) is 0 Å². The molecule has 8 nitrogen and oxygen atoms in total. The lowest BCUT2D eigenvalue weighted by Crippen LogP contribution is -2.28. The van der Waals surface area contributed by atoms with Gasteiger partial charge in [-0.05, 0) is 43.5 Å². The van der Waals surface area contributed by atoms with Gasteiger partial charge in [-0.2, -0.15) is 5.21 Å². The number of nitrogens with zero attached hydrogens (tertiary/aromatic N) is 3. The first-order chi connectivity index (χ1) is 9.85. The molecular formula is C12H18N6O2S. The second kappa shape index (κ2) is 5.88. The van der Waals surface area contributed by atoms with Gasteiger partial charge in [0.15, 0.2) is 5.82 Å². The first-order valence-electron chi connectivity index (χ1n) is 6.41. The Bertz CT molecular complexity index is 726. The molecule has 0 spiro atoms. The van der Waals surface area contributed by atoms with Crippen LogP contribution in [-0.2, 0) is 16.6 Å². The summed E-state index contributed by atoms with van der Waals surface area (Å²) in [6.45, 7) is 5.59. The van der Waals surface area contributed by atoms with Gasteiger partial charge in [0.25, 0.3) is 0 Å². The third-order valence-electron chi connectivity index (χ3n) is 3.22. The lowest BCUT2D eigenvalue weighted by Gasteiger charge is -2.15. The summed E-state index contributed by atoms with van der Waals surface area (Å²) in [6.07, 6.45) is 0. The molecule has 2 aromatic rings. The van der Waals surface area contributed by atoms with Gasteiger partial charge in [0.05, 0.1) is 10.9 Å². The highest BCUT2D eigenvalue weighted by molar-refractivity contribution is 7.89. The van der Waals surface area contributed by atoms with Crippen LogP contribution in [0.15, 0.2) is 17.0 Å². The van der Waals surface area contributed by atoms with Crippen LogP contribution in [0.1, 0.15) is 35.5 Å². The van der Waals surface area contributed by atoms with Crippen LogP contribution in [0.4, 0.5) is 0 Å². The molecule has 0 aliphatic carbocycles. The highest BCUT2D eigenvalue weighted by Gasteiger charge is 2.23. The van der Waals surface area contributed by atoms with Gasteiger partial charge in [0.1, 0.15) is 0 Å². The summed E-state index contributed by atoms with van der Waals surface area (Å²) in [7, 11) is -3.69. The predicted octanol–water partition coefficient (Wildman–Crippen LogP) is 0.315. The number of nitrogens with two attached hydrogens (primary N) is 1. The third kappa shape index (κ3) is 3.26. The van der Waals surface area contributed by atoms with Crippen LogP contribution in [0.3, 0.4) is 0 Å². The SMILES string of the molecule is Cc1cc(C)c(S(=O)(=O)NC(C)c2nn[nH]n2)cc1CN. The highest BCUT2D eigenvalue weighted by atomic mass is 32.2. The van der Waals surface area contributed by atoms with Crippen molar-refractivity contribution in [2.75, 3.05) is 0 Å². The van der Waals surface area contributed by atoms with E-state index in [0.29, 0.717) is 5.56 Å². The molecule has 1 aromatic carbocycles. The summed E-state index contributed by atoms with van der Waals surface area (Å²) in [4.78, 5) is 0.212. The van der Waals surface area contributed by atoms with Gasteiger partial charge in [-0.1, -0.05) is 11.3 Å². The number of benzene rings is 1. The molecule has 1 aromatic heterocycles. The molecule has 1 atom stereocenters. The van der Waals surface area contributed by atoms with Crippen molar-refractivity contribution in [3.05, 3.63) is 34.6 Å². The number of aromatic nitrogens is 4. The van der Waals surface area contributed by atoms with Crippen LogP contribution >= 0.6 is 0 Å². The smallest absolute Gasteiger partial charge is 0.241 e.